The Morgan fingerprint density at radius 3 is 2.58 bits per heavy atom. The SMILES string of the molecule is C[C@@H]1[C@H]2CC[C@@H]3[C@@H]4CC=C5C[C@@H](N(C)C)CC[C@@]5(C)[C@@H]4CC[C@@]32CN1C. The Hall–Kier alpha value is -0.340. The summed E-state index contributed by atoms with van der Waals surface area (Å²) in [6, 6.07) is 1.60. The second-order valence-electron chi connectivity index (χ2n) is 11.2. The number of likely N-dealkylation sites (tertiary alicyclic amines) is 1. The van der Waals surface area contributed by atoms with Crippen LogP contribution in [0.5, 0.6) is 0 Å². The number of allylic oxidation sites excluding steroid dienone is 1. The van der Waals surface area contributed by atoms with Crippen LogP contribution in [0.4, 0.5) is 0 Å². The normalized spacial score (nSPS) is 53.7. The highest BCUT2D eigenvalue weighted by molar-refractivity contribution is 5.26. The number of hydrogen-bond acceptors (Lipinski definition) is 2. The minimum Gasteiger partial charge on any atom is -0.306 e. The minimum atomic E-state index is 0.519. The van der Waals surface area contributed by atoms with Crippen molar-refractivity contribution in [1.82, 2.24) is 9.80 Å². The molecule has 146 valence electrons. The van der Waals surface area contributed by atoms with Crippen LogP contribution in [0.25, 0.3) is 0 Å². The van der Waals surface area contributed by atoms with Gasteiger partial charge in [-0.3, -0.25) is 0 Å². The van der Waals surface area contributed by atoms with Gasteiger partial charge in [-0.15, -0.1) is 0 Å². The highest BCUT2D eigenvalue weighted by atomic mass is 15.2. The van der Waals surface area contributed by atoms with E-state index in [0.717, 1.165) is 35.8 Å². The summed E-state index contributed by atoms with van der Waals surface area (Å²) in [7, 11) is 6.95. The average molecular weight is 357 g/mol. The molecule has 5 aliphatic rings. The van der Waals surface area contributed by atoms with Gasteiger partial charge < -0.3 is 9.80 Å². The standard InChI is InChI=1S/C24H40N2/c1-16-20-8-9-22-19-7-6-17-14-18(25(3)4)10-12-23(17,2)21(19)11-13-24(20,22)15-26(16)5/h6,16,18-22H,7-15H2,1-5H3/t16-,18+,19-,20-,21-,22-,23-,24+/m1/s1. The number of nitrogens with zero attached hydrogens (tertiary/aromatic N) is 2. The third kappa shape index (κ3) is 2.18. The van der Waals surface area contributed by atoms with E-state index in [4.69, 9.17) is 0 Å². The average Bonchev–Trinajstić information content (AvgIpc) is 3.08. The van der Waals surface area contributed by atoms with Gasteiger partial charge in [0, 0.05) is 18.6 Å². The maximum absolute atomic E-state index is 2.74. The summed E-state index contributed by atoms with van der Waals surface area (Å²) in [5, 5.41) is 0. The fourth-order valence-electron chi connectivity index (χ4n) is 8.88. The number of fused-ring (bicyclic) bond motifs is 4. The van der Waals surface area contributed by atoms with Crippen LogP contribution in [0.15, 0.2) is 11.6 Å². The van der Waals surface area contributed by atoms with Crippen molar-refractivity contribution in [1.29, 1.82) is 0 Å². The van der Waals surface area contributed by atoms with E-state index >= 15 is 0 Å². The molecular formula is C24H40N2. The van der Waals surface area contributed by atoms with E-state index in [1.807, 2.05) is 5.57 Å². The van der Waals surface area contributed by atoms with Gasteiger partial charge in [0.05, 0.1) is 0 Å². The lowest BCUT2D eigenvalue weighted by Crippen LogP contribution is -2.52. The van der Waals surface area contributed by atoms with Crippen molar-refractivity contribution in [2.45, 2.75) is 77.3 Å². The van der Waals surface area contributed by atoms with Gasteiger partial charge in [-0.05, 0) is 114 Å². The molecule has 0 unspecified atom stereocenters. The quantitative estimate of drug-likeness (QED) is 0.622. The molecule has 2 heteroatoms. The van der Waals surface area contributed by atoms with Crippen LogP contribution in [-0.4, -0.2) is 49.6 Å². The largest absolute Gasteiger partial charge is 0.306 e. The van der Waals surface area contributed by atoms with Crippen molar-refractivity contribution in [2.75, 3.05) is 27.7 Å². The molecule has 0 aromatic carbocycles. The Balaban J connectivity index is 1.45. The molecule has 26 heavy (non-hydrogen) atoms. The molecule has 0 aromatic rings. The van der Waals surface area contributed by atoms with Crippen LogP contribution in [0, 0.1) is 34.5 Å². The van der Waals surface area contributed by atoms with Gasteiger partial charge in [0.1, 0.15) is 0 Å². The maximum atomic E-state index is 2.74. The molecular weight excluding hydrogens is 316 g/mol. The fraction of sp³-hybridized carbons (Fsp3) is 0.917. The van der Waals surface area contributed by atoms with Crippen molar-refractivity contribution in [3.63, 3.8) is 0 Å². The molecule has 8 atom stereocenters. The lowest BCUT2D eigenvalue weighted by molar-refractivity contribution is -0.0430. The smallest absolute Gasteiger partial charge is 0.0127 e. The molecule has 2 nitrogen and oxygen atoms in total. The molecule has 1 aliphatic heterocycles. The van der Waals surface area contributed by atoms with Gasteiger partial charge in [-0.2, -0.15) is 0 Å². The monoisotopic (exact) mass is 356 g/mol. The third-order valence-corrected chi connectivity index (χ3v) is 10.4. The highest BCUT2D eigenvalue weighted by Gasteiger charge is 2.63. The van der Waals surface area contributed by atoms with E-state index in [1.54, 1.807) is 0 Å². The van der Waals surface area contributed by atoms with E-state index < -0.39 is 0 Å². The van der Waals surface area contributed by atoms with Crippen molar-refractivity contribution in [3.05, 3.63) is 11.6 Å². The Bertz CT molecular complexity index is 609. The van der Waals surface area contributed by atoms with E-state index in [-0.39, 0.29) is 0 Å². The third-order valence-electron chi connectivity index (χ3n) is 10.4. The van der Waals surface area contributed by atoms with Gasteiger partial charge in [0.2, 0.25) is 0 Å². The summed E-state index contributed by atoms with van der Waals surface area (Å²) in [5.41, 5.74) is 3.04. The summed E-state index contributed by atoms with van der Waals surface area (Å²) < 4.78 is 0. The van der Waals surface area contributed by atoms with Crippen LogP contribution in [0.3, 0.4) is 0 Å². The van der Waals surface area contributed by atoms with E-state index in [0.29, 0.717) is 10.8 Å². The second-order valence-corrected chi connectivity index (χ2v) is 11.2. The maximum Gasteiger partial charge on any atom is 0.0127 e. The van der Waals surface area contributed by atoms with Gasteiger partial charge in [0.15, 0.2) is 0 Å². The molecule has 3 saturated carbocycles. The van der Waals surface area contributed by atoms with Gasteiger partial charge in [-0.1, -0.05) is 18.6 Å². The molecule has 1 saturated heterocycles. The first-order valence-electron chi connectivity index (χ1n) is 11.4. The van der Waals surface area contributed by atoms with Crippen LogP contribution in [-0.2, 0) is 0 Å². The van der Waals surface area contributed by atoms with Crippen molar-refractivity contribution < 1.29 is 0 Å². The summed E-state index contributed by atoms with van der Waals surface area (Å²) in [5.74, 6) is 3.96. The van der Waals surface area contributed by atoms with Gasteiger partial charge in [-0.25, -0.2) is 0 Å². The Labute approximate surface area is 161 Å². The fourth-order valence-corrected chi connectivity index (χ4v) is 8.88. The van der Waals surface area contributed by atoms with Crippen LogP contribution in [0.2, 0.25) is 0 Å². The van der Waals surface area contributed by atoms with Crippen LogP contribution < -0.4 is 0 Å². The molecule has 5 rings (SSSR count). The van der Waals surface area contributed by atoms with E-state index in [9.17, 15) is 0 Å². The summed E-state index contributed by atoms with van der Waals surface area (Å²) >= 11 is 0. The molecule has 0 N–H and O–H groups in total. The van der Waals surface area contributed by atoms with Crippen LogP contribution >= 0.6 is 0 Å². The van der Waals surface area contributed by atoms with E-state index in [2.05, 4.69) is 50.9 Å². The molecule has 0 bridgehead atoms. The second kappa shape index (κ2) is 5.83. The topological polar surface area (TPSA) is 6.48 Å². The van der Waals surface area contributed by atoms with Gasteiger partial charge in [0.25, 0.3) is 0 Å². The van der Waals surface area contributed by atoms with Crippen molar-refractivity contribution >= 4 is 0 Å². The number of hydrogen-bond donors (Lipinski definition) is 0. The predicted molar refractivity (Wildman–Crippen MR) is 109 cm³/mol. The Morgan fingerprint density at radius 1 is 1.04 bits per heavy atom. The Kier molecular flexibility index (Phi) is 3.98. The van der Waals surface area contributed by atoms with Gasteiger partial charge >= 0.3 is 0 Å². The van der Waals surface area contributed by atoms with Crippen LogP contribution in [0.1, 0.15) is 65.2 Å². The molecule has 1 heterocycles. The molecule has 4 aliphatic carbocycles. The first-order chi connectivity index (χ1) is 12.4. The summed E-state index contributed by atoms with van der Waals surface area (Å²) in [6.07, 6.45) is 14.4. The first-order valence-corrected chi connectivity index (χ1v) is 11.4. The Morgan fingerprint density at radius 2 is 1.81 bits per heavy atom. The summed E-state index contributed by atoms with van der Waals surface area (Å²) in [6.45, 7) is 6.56. The molecule has 0 radical (unpaired) electrons. The van der Waals surface area contributed by atoms with Crippen molar-refractivity contribution in [2.24, 2.45) is 34.5 Å². The van der Waals surface area contributed by atoms with Crippen molar-refractivity contribution in [3.8, 4) is 0 Å². The lowest BCUT2D eigenvalue weighted by Gasteiger charge is -2.58. The zero-order chi connectivity index (χ0) is 18.3. The molecule has 0 aromatic heterocycles. The van der Waals surface area contributed by atoms with E-state index in [1.165, 1.54) is 57.9 Å². The first kappa shape index (κ1) is 17.7. The molecule has 1 spiro atoms. The molecule has 0 amide bonds. The number of rotatable bonds is 1. The zero-order valence-electron chi connectivity index (χ0n) is 17.8. The zero-order valence-corrected chi connectivity index (χ0v) is 17.8. The lowest BCUT2D eigenvalue weighted by atomic mass is 9.47. The summed E-state index contributed by atoms with van der Waals surface area (Å²) in [4.78, 5) is 5.17. The highest BCUT2D eigenvalue weighted by Crippen LogP contribution is 2.68. The predicted octanol–water partition coefficient (Wildman–Crippen LogP) is 4.81. The molecule has 4 fully saturated rings. The minimum absolute atomic E-state index is 0.519.